The van der Waals surface area contributed by atoms with Crippen LogP contribution in [0.1, 0.15) is 17.5 Å². The second-order valence-corrected chi connectivity index (χ2v) is 8.61. The molecule has 2 aromatic heterocycles. The van der Waals surface area contributed by atoms with Crippen molar-refractivity contribution in [2.45, 2.75) is 25.4 Å². The van der Waals surface area contributed by atoms with Gasteiger partial charge in [0.2, 0.25) is 0 Å². The van der Waals surface area contributed by atoms with E-state index in [9.17, 15) is 5.11 Å². The first-order chi connectivity index (χ1) is 15.8. The molecule has 0 saturated carbocycles. The summed E-state index contributed by atoms with van der Waals surface area (Å²) >= 11 is 0. The number of hydrogen-bond donors (Lipinski definition) is 2. The molecule has 1 saturated heterocycles. The minimum atomic E-state index is 0.198. The monoisotopic (exact) mass is 430 g/mol. The Balaban J connectivity index is 1.17. The number of nitrogens with one attached hydrogen (secondary N) is 1. The van der Waals surface area contributed by atoms with Gasteiger partial charge in [-0.15, -0.1) is 10.2 Å². The molecule has 1 unspecified atom stereocenters. The van der Waals surface area contributed by atoms with Crippen molar-refractivity contribution in [2.75, 3.05) is 32.8 Å². The average Bonchev–Trinajstić information content (AvgIpc) is 3.51. The van der Waals surface area contributed by atoms with Gasteiger partial charge in [0.25, 0.3) is 0 Å². The molecule has 3 heterocycles. The molecule has 7 heteroatoms. The lowest BCUT2D eigenvalue weighted by Crippen LogP contribution is -2.54. The van der Waals surface area contributed by atoms with Crippen LogP contribution in [-0.2, 0) is 13.0 Å². The molecule has 0 radical (unpaired) electrons. The smallest absolute Gasteiger partial charge is 0.123 e. The first kappa shape index (κ1) is 20.9. The maximum absolute atomic E-state index is 9.97. The highest BCUT2D eigenvalue weighted by atomic mass is 16.3. The van der Waals surface area contributed by atoms with Gasteiger partial charge in [0.15, 0.2) is 0 Å². The lowest BCUT2D eigenvalue weighted by atomic mass is 10.1. The zero-order valence-electron chi connectivity index (χ0n) is 18.3. The summed E-state index contributed by atoms with van der Waals surface area (Å²) < 4.78 is 1.93. The molecule has 166 valence electrons. The number of fused-ring (bicyclic) bond motifs is 1. The van der Waals surface area contributed by atoms with Crippen LogP contribution >= 0.6 is 0 Å². The molecule has 1 aliphatic rings. The topological polar surface area (TPSA) is 73.2 Å². The molecule has 2 N–H and O–H groups in total. The summed E-state index contributed by atoms with van der Waals surface area (Å²) in [4.78, 5) is 8.31. The van der Waals surface area contributed by atoms with Crippen LogP contribution in [0.4, 0.5) is 0 Å². The lowest BCUT2D eigenvalue weighted by molar-refractivity contribution is 0.0346. The average molecular weight is 431 g/mol. The van der Waals surface area contributed by atoms with Crippen molar-refractivity contribution >= 4 is 10.9 Å². The maximum atomic E-state index is 9.97. The number of aliphatic hydroxyl groups excluding tert-OH is 1. The molecule has 4 aromatic rings. The van der Waals surface area contributed by atoms with E-state index in [0.717, 1.165) is 56.8 Å². The van der Waals surface area contributed by atoms with Gasteiger partial charge < -0.3 is 15.0 Å². The summed E-state index contributed by atoms with van der Waals surface area (Å²) in [6, 6.07) is 17.1. The molecular weight excluding hydrogens is 400 g/mol. The van der Waals surface area contributed by atoms with Gasteiger partial charge in [-0.2, -0.15) is 0 Å². The first-order valence-corrected chi connectivity index (χ1v) is 11.4. The van der Waals surface area contributed by atoms with Crippen LogP contribution < -0.4 is 0 Å². The molecule has 5 rings (SSSR count). The minimum absolute atomic E-state index is 0.198. The molecule has 0 bridgehead atoms. The number of aliphatic hydroxyl groups is 1. The quantitative estimate of drug-likeness (QED) is 0.450. The maximum Gasteiger partial charge on any atom is 0.123 e. The molecule has 1 aliphatic heterocycles. The predicted molar refractivity (Wildman–Crippen MR) is 126 cm³/mol. The molecular formula is C25H30N6O. The number of aryl methyl sites for hydroxylation is 1. The molecule has 0 aliphatic carbocycles. The summed E-state index contributed by atoms with van der Waals surface area (Å²) in [5.74, 6) is 0. The van der Waals surface area contributed by atoms with Crippen molar-refractivity contribution in [3.8, 4) is 5.69 Å². The lowest BCUT2D eigenvalue weighted by Gasteiger charge is -2.40. The minimum Gasteiger partial charge on any atom is -0.395 e. The van der Waals surface area contributed by atoms with Gasteiger partial charge in [-0.25, -0.2) is 0 Å². The Morgan fingerprint density at radius 3 is 2.69 bits per heavy atom. The van der Waals surface area contributed by atoms with E-state index < -0.39 is 0 Å². The summed E-state index contributed by atoms with van der Waals surface area (Å²) in [7, 11) is 0. The van der Waals surface area contributed by atoms with Gasteiger partial charge in [-0.3, -0.25) is 9.47 Å². The van der Waals surface area contributed by atoms with E-state index in [-0.39, 0.29) is 12.6 Å². The molecule has 7 nitrogen and oxygen atoms in total. The zero-order valence-corrected chi connectivity index (χ0v) is 18.3. The van der Waals surface area contributed by atoms with Gasteiger partial charge in [0.05, 0.1) is 6.61 Å². The van der Waals surface area contributed by atoms with Crippen molar-refractivity contribution < 1.29 is 5.11 Å². The number of rotatable bonds is 8. The van der Waals surface area contributed by atoms with E-state index in [0.29, 0.717) is 0 Å². The fourth-order valence-electron chi connectivity index (χ4n) is 4.72. The second-order valence-electron chi connectivity index (χ2n) is 8.61. The predicted octanol–water partition coefficient (Wildman–Crippen LogP) is 2.86. The Labute approximate surface area is 188 Å². The summed E-state index contributed by atoms with van der Waals surface area (Å²) in [6.45, 7) is 5.13. The number of benzene rings is 2. The zero-order chi connectivity index (χ0) is 21.8. The van der Waals surface area contributed by atoms with Crippen LogP contribution in [0, 0.1) is 0 Å². The molecule has 2 aromatic carbocycles. The Morgan fingerprint density at radius 2 is 1.88 bits per heavy atom. The van der Waals surface area contributed by atoms with Crippen molar-refractivity contribution in [1.82, 2.24) is 29.5 Å². The highest BCUT2D eigenvalue weighted by molar-refractivity contribution is 5.85. The first-order valence-electron chi connectivity index (χ1n) is 11.4. The molecule has 1 fully saturated rings. The number of hydrogen-bond acceptors (Lipinski definition) is 5. The number of piperazine rings is 1. The van der Waals surface area contributed by atoms with Gasteiger partial charge in [0, 0.05) is 55.0 Å². The fraction of sp³-hybridized carbons (Fsp3) is 0.360. The highest BCUT2D eigenvalue weighted by Gasteiger charge is 2.26. The van der Waals surface area contributed by atoms with Crippen molar-refractivity contribution in [1.29, 1.82) is 0 Å². The molecule has 32 heavy (non-hydrogen) atoms. The van der Waals surface area contributed by atoms with E-state index in [2.05, 4.69) is 73.6 Å². The van der Waals surface area contributed by atoms with Gasteiger partial charge in [0.1, 0.15) is 12.7 Å². The normalized spacial score (nSPS) is 17.8. The van der Waals surface area contributed by atoms with Crippen LogP contribution in [0.25, 0.3) is 16.6 Å². The molecule has 0 spiro atoms. The van der Waals surface area contributed by atoms with Crippen molar-refractivity contribution in [3.63, 3.8) is 0 Å². The van der Waals surface area contributed by atoms with E-state index in [1.54, 1.807) is 12.7 Å². The number of aromatic amines is 1. The Bertz CT molecular complexity index is 1120. The van der Waals surface area contributed by atoms with Crippen LogP contribution in [0.3, 0.4) is 0 Å². The Hall–Kier alpha value is -3.00. The summed E-state index contributed by atoms with van der Waals surface area (Å²) in [6.07, 6.45) is 7.71. The number of nitrogens with zero attached hydrogens (tertiary/aromatic N) is 5. The summed E-state index contributed by atoms with van der Waals surface area (Å²) in [5, 5.41) is 19.1. The van der Waals surface area contributed by atoms with Gasteiger partial charge in [-0.05, 0) is 48.7 Å². The third-order valence-corrected chi connectivity index (χ3v) is 6.52. The summed E-state index contributed by atoms with van der Waals surface area (Å²) in [5.41, 5.74) is 4.89. The van der Waals surface area contributed by atoms with Gasteiger partial charge in [-0.1, -0.05) is 30.3 Å². The fourth-order valence-corrected chi connectivity index (χ4v) is 4.72. The van der Waals surface area contributed by atoms with Crippen LogP contribution in [0.2, 0.25) is 0 Å². The van der Waals surface area contributed by atoms with Crippen molar-refractivity contribution in [2.24, 2.45) is 0 Å². The largest absolute Gasteiger partial charge is 0.395 e. The number of aromatic nitrogens is 4. The highest BCUT2D eigenvalue weighted by Crippen LogP contribution is 2.23. The van der Waals surface area contributed by atoms with Gasteiger partial charge >= 0.3 is 0 Å². The molecule has 1 atom stereocenters. The van der Waals surface area contributed by atoms with E-state index in [4.69, 9.17) is 0 Å². The van der Waals surface area contributed by atoms with Crippen LogP contribution in [0.5, 0.6) is 0 Å². The molecule has 0 amide bonds. The van der Waals surface area contributed by atoms with Crippen LogP contribution in [0.15, 0.2) is 67.4 Å². The van der Waals surface area contributed by atoms with E-state index in [1.165, 1.54) is 16.5 Å². The number of H-pyrrole nitrogens is 1. The van der Waals surface area contributed by atoms with Crippen molar-refractivity contribution in [3.05, 3.63) is 78.5 Å². The van der Waals surface area contributed by atoms with Crippen LogP contribution in [-0.4, -0.2) is 73.5 Å². The Morgan fingerprint density at radius 1 is 1.03 bits per heavy atom. The third kappa shape index (κ3) is 4.60. The Kier molecular flexibility index (Phi) is 6.29. The standard InChI is InChI=1S/C25H30N6O/c32-17-23-16-29(11-12-30(23)15-20-5-2-1-3-6-20)10-4-7-21-14-26-25-9-8-22(13-24(21)25)31-18-27-28-19-31/h1-3,5-6,8-9,13-14,18-19,23,26,32H,4,7,10-12,15-17H2. The van der Waals surface area contributed by atoms with E-state index in [1.807, 2.05) is 10.6 Å². The SMILES string of the molecule is OCC1CN(CCCc2c[nH]c3ccc(-n4cnnc4)cc23)CCN1Cc1ccccc1. The third-order valence-electron chi connectivity index (χ3n) is 6.52. The van der Waals surface area contributed by atoms with E-state index >= 15 is 0 Å². The second kappa shape index (κ2) is 9.65.